The largest absolute Gasteiger partial charge is 0.379 e. The molecular weight excluding hydrogens is 388 g/mol. The Balaban J connectivity index is 1.33. The van der Waals surface area contributed by atoms with Crippen LogP contribution in [0.2, 0.25) is 0 Å². The molecule has 0 spiro atoms. The number of carbonyl (C=O) groups excluding carboxylic acids is 1. The van der Waals surface area contributed by atoms with Crippen LogP contribution in [-0.4, -0.2) is 43.7 Å². The summed E-state index contributed by atoms with van der Waals surface area (Å²) in [7, 11) is 0. The van der Waals surface area contributed by atoms with Crippen LogP contribution in [-0.2, 0) is 20.8 Å². The van der Waals surface area contributed by atoms with E-state index < -0.39 is 0 Å². The molecule has 5 nitrogen and oxygen atoms in total. The molecule has 0 radical (unpaired) electrons. The van der Waals surface area contributed by atoms with Gasteiger partial charge in [-0.3, -0.25) is 9.69 Å². The Morgan fingerprint density at radius 1 is 0.871 bits per heavy atom. The molecule has 0 saturated carbocycles. The van der Waals surface area contributed by atoms with Crippen molar-refractivity contribution < 1.29 is 14.3 Å². The topological polar surface area (TPSA) is 50.8 Å². The molecule has 0 aliphatic carbocycles. The number of hydrogen-bond donors (Lipinski definition) is 1. The maximum Gasteiger partial charge on any atom is 0.250 e. The van der Waals surface area contributed by atoms with Crippen LogP contribution in [0, 0.1) is 0 Å². The molecule has 1 fully saturated rings. The number of carbonyl (C=O) groups is 1. The SMILES string of the molecule is O=C(COC(c1ccccc1)c1ccccc1)Nc1ccc(CN2CCOCC2)cc1. The molecule has 31 heavy (non-hydrogen) atoms. The van der Waals surface area contributed by atoms with Gasteiger partial charge in [0.1, 0.15) is 12.7 Å². The molecule has 3 aromatic rings. The fourth-order valence-corrected chi connectivity index (χ4v) is 3.71. The van der Waals surface area contributed by atoms with E-state index in [0.29, 0.717) is 0 Å². The molecule has 1 amide bonds. The van der Waals surface area contributed by atoms with Gasteiger partial charge in [-0.15, -0.1) is 0 Å². The molecule has 3 aromatic carbocycles. The highest BCUT2D eigenvalue weighted by atomic mass is 16.5. The second kappa shape index (κ2) is 10.9. The number of hydrogen-bond acceptors (Lipinski definition) is 4. The van der Waals surface area contributed by atoms with E-state index in [0.717, 1.165) is 49.7 Å². The van der Waals surface area contributed by atoms with Crippen molar-refractivity contribution in [2.24, 2.45) is 0 Å². The van der Waals surface area contributed by atoms with Crippen molar-refractivity contribution in [2.75, 3.05) is 38.2 Å². The predicted octanol–water partition coefficient (Wildman–Crippen LogP) is 4.26. The van der Waals surface area contributed by atoms with Crippen LogP contribution in [0.4, 0.5) is 5.69 Å². The molecular formula is C26H28N2O3. The van der Waals surface area contributed by atoms with Crippen molar-refractivity contribution in [3.8, 4) is 0 Å². The van der Waals surface area contributed by atoms with Crippen molar-refractivity contribution in [1.29, 1.82) is 0 Å². The summed E-state index contributed by atoms with van der Waals surface area (Å²) in [6.45, 7) is 4.38. The molecule has 160 valence electrons. The van der Waals surface area contributed by atoms with Gasteiger partial charge in [-0.2, -0.15) is 0 Å². The predicted molar refractivity (Wildman–Crippen MR) is 122 cm³/mol. The molecule has 0 aromatic heterocycles. The Morgan fingerprint density at radius 2 is 1.45 bits per heavy atom. The first kappa shape index (κ1) is 21.2. The smallest absolute Gasteiger partial charge is 0.250 e. The second-order valence-electron chi connectivity index (χ2n) is 7.65. The van der Waals surface area contributed by atoms with Gasteiger partial charge in [0.15, 0.2) is 0 Å². The normalized spacial score (nSPS) is 14.5. The van der Waals surface area contributed by atoms with Crippen LogP contribution in [0.3, 0.4) is 0 Å². The van der Waals surface area contributed by atoms with E-state index in [1.165, 1.54) is 5.56 Å². The molecule has 4 rings (SSSR count). The minimum absolute atomic E-state index is 0.0238. The first-order valence-corrected chi connectivity index (χ1v) is 10.7. The van der Waals surface area contributed by atoms with Gasteiger partial charge in [0.25, 0.3) is 0 Å². The first-order valence-electron chi connectivity index (χ1n) is 10.7. The van der Waals surface area contributed by atoms with E-state index >= 15 is 0 Å². The number of nitrogens with one attached hydrogen (secondary N) is 1. The van der Waals surface area contributed by atoms with Crippen molar-refractivity contribution in [1.82, 2.24) is 4.90 Å². The molecule has 1 aliphatic rings. The van der Waals surface area contributed by atoms with Crippen LogP contribution in [0.25, 0.3) is 0 Å². The third-order valence-electron chi connectivity index (χ3n) is 5.33. The first-order chi connectivity index (χ1) is 15.3. The highest BCUT2D eigenvalue weighted by Gasteiger charge is 2.16. The minimum Gasteiger partial charge on any atom is -0.379 e. The number of anilines is 1. The summed E-state index contributed by atoms with van der Waals surface area (Å²) in [5, 5.41) is 2.93. The summed E-state index contributed by atoms with van der Waals surface area (Å²) in [6.07, 6.45) is -0.288. The lowest BCUT2D eigenvalue weighted by molar-refractivity contribution is -0.121. The zero-order valence-electron chi connectivity index (χ0n) is 17.6. The number of benzene rings is 3. The third-order valence-corrected chi connectivity index (χ3v) is 5.33. The van der Waals surface area contributed by atoms with Crippen LogP contribution in [0.15, 0.2) is 84.9 Å². The standard InChI is InChI=1S/C26H28N2O3/c29-25(27-24-13-11-21(12-14-24)19-28-15-17-30-18-16-28)20-31-26(22-7-3-1-4-8-22)23-9-5-2-6-10-23/h1-14,26H,15-20H2,(H,27,29). The summed E-state index contributed by atoms with van der Waals surface area (Å²) in [6, 6.07) is 27.9. The van der Waals surface area contributed by atoms with Gasteiger partial charge in [-0.05, 0) is 28.8 Å². The van der Waals surface area contributed by atoms with Gasteiger partial charge in [-0.1, -0.05) is 72.8 Å². The summed E-state index contributed by atoms with van der Waals surface area (Å²) < 4.78 is 11.4. The highest BCUT2D eigenvalue weighted by molar-refractivity contribution is 5.91. The summed E-state index contributed by atoms with van der Waals surface area (Å²) in [4.78, 5) is 14.9. The fraction of sp³-hybridized carbons (Fsp3) is 0.269. The molecule has 1 heterocycles. The molecule has 1 N–H and O–H groups in total. The lowest BCUT2D eigenvalue weighted by atomic mass is 10.0. The summed E-state index contributed by atoms with van der Waals surface area (Å²) in [5.41, 5.74) is 4.04. The maximum atomic E-state index is 12.5. The van der Waals surface area contributed by atoms with Crippen LogP contribution in [0.5, 0.6) is 0 Å². The molecule has 0 atom stereocenters. The Kier molecular flexibility index (Phi) is 7.45. The quantitative estimate of drug-likeness (QED) is 0.596. The molecule has 0 bridgehead atoms. The fourth-order valence-electron chi connectivity index (χ4n) is 3.71. The van der Waals surface area contributed by atoms with E-state index in [1.54, 1.807) is 0 Å². The lowest BCUT2D eigenvalue weighted by Gasteiger charge is -2.26. The lowest BCUT2D eigenvalue weighted by Crippen LogP contribution is -2.35. The Morgan fingerprint density at radius 3 is 2.03 bits per heavy atom. The Bertz CT molecular complexity index is 900. The van der Waals surface area contributed by atoms with E-state index in [-0.39, 0.29) is 18.6 Å². The number of ether oxygens (including phenoxy) is 2. The molecule has 0 unspecified atom stereocenters. The minimum atomic E-state index is -0.288. The van der Waals surface area contributed by atoms with Gasteiger partial charge in [0.2, 0.25) is 5.91 Å². The van der Waals surface area contributed by atoms with Crippen molar-refractivity contribution >= 4 is 11.6 Å². The van der Waals surface area contributed by atoms with Crippen molar-refractivity contribution in [2.45, 2.75) is 12.6 Å². The molecule has 5 heteroatoms. The van der Waals surface area contributed by atoms with Crippen LogP contribution in [0.1, 0.15) is 22.8 Å². The zero-order valence-corrected chi connectivity index (χ0v) is 17.6. The van der Waals surface area contributed by atoms with Crippen LogP contribution >= 0.6 is 0 Å². The van der Waals surface area contributed by atoms with Crippen molar-refractivity contribution in [3.63, 3.8) is 0 Å². The average molecular weight is 417 g/mol. The van der Waals surface area contributed by atoms with Crippen LogP contribution < -0.4 is 5.32 Å². The van der Waals surface area contributed by atoms with Gasteiger partial charge in [0, 0.05) is 25.3 Å². The monoisotopic (exact) mass is 416 g/mol. The van der Waals surface area contributed by atoms with E-state index in [2.05, 4.69) is 22.3 Å². The van der Waals surface area contributed by atoms with Gasteiger partial charge in [0.05, 0.1) is 13.2 Å². The third kappa shape index (κ3) is 6.25. The number of rotatable bonds is 8. The van der Waals surface area contributed by atoms with Gasteiger partial charge >= 0.3 is 0 Å². The number of morpholine rings is 1. The van der Waals surface area contributed by atoms with E-state index in [4.69, 9.17) is 9.47 Å². The number of amides is 1. The molecule has 1 saturated heterocycles. The molecule has 1 aliphatic heterocycles. The van der Waals surface area contributed by atoms with E-state index in [9.17, 15) is 4.79 Å². The number of nitrogens with zero attached hydrogens (tertiary/aromatic N) is 1. The van der Waals surface area contributed by atoms with Gasteiger partial charge < -0.3 is 14.8 Å². The average Bonchev–Trinajstić information content (AvgIpc) is 2.83. The highest BCUT2D eigenvalue weighted by Crippen LogP contribution is 2.25. The van der Waals surface area contributed by atoms with Gasteiger partial charge in [-0.25, -0.2) is 0 Å². The van der Waals surface area contributed by atoms with E-state index in [1.807, 2.05) is 72.8 Å². The zero-order chi connectivity index (χ0) is 21.3. The maximum absolute atomic E-state index is 12.5. The van der Waals surface area contributed by atoms with Crippen molar-refractivity contribution in [3.05, 3.63) is 102 Å². The Labute approximate surface area is 183 Å². The summed E-state index contributed by atoms with van der Waals surface area (Å²) in [5.74, 6) is -0.169. The summed E-state index contributed by atoms with van der Waals surface area (Å²) >= 11 is 0. The second-order valence-corrected chi connectivity index (χ2v) is 7.65. The Hall–Kier alpha value is -2.99.